The normalized spacial score (nSPS) is 2.29. The summed E-state index contributed by atoms with van der Waals surface area (Å²) >= 11 is 0. The minimum atomic E-state index is 0. The number of isocyanates is 2. The topological polar surface area (TPSA) is 78.7 Å². The van der Waals surface area contributed by atoms with Crippen LogP contribution in [0.5, 0.6) is 0 Å². The van der Waals surface area contributed by atoms with Crippen LogP contribution in [0.4, 0.5) is 0 Å². The third-order valence-corrected chi connectivity index (χ3v) is 0. The third kappa shape index (κ3) is 115. The molecule has 0 rings (SSSR count). The molecule has 0 heterocycles. The molecule has 33 valence electrons. The van der Waals surface area contributed by atoms with Crippen LogP contribution in [0.25, 0.3) is 10.8 Å². The summed E-state index contributed by atoms with van der Waals surface area (Å²) in [5.41, 5.74) is 0. The zero-order chi connectivity index (χ0) is 5.41. The van der Waals surface area contributed by atoms with Gasteiger partial charge in [-0.1, -0.05) is 0 Å². The number of hydrogen-bond donors (Lipinski definition) is 0. The van der Waals surface area contributed by atoms with Crippen LogP contribution >= 0.6 is 0 Å². The molecule has 0 saturated heterocycles. The molecule has 5 heteroatoms. The summed E-state index contributed by atoms with van der Waals surface area (Å²) in [5.74, 6) is 0. The summed E-state index contributed by atoms with van der Waals surface area (Å²) < 4.78 is 0. The number of rotatable bonds is 0. The van der Waals surface area contributed by atoms with E-state index < -0.39 is 0 Å². The maximum atomic E-state index is 8.24. The second-order valence-electron chi connectivity index (χ2n) is 0.183. The summed E-state index contributed by atoms with van der Waals surface area (Å²) in [6, 6.07) is 0. The van der Waals surface area contributed by atoms with Gasteiger partial charge in [0.2, 0.25) is 0 Å². The first-order valence-corrected chi connectivity index (χ1v) is 0.855. The first-order valence-electron chi connectivity index (χ1n) is 0.855. The maximum Gasteiger partial charge on any atom is 2.00 e. The van der Waals surface area contributed by atoms with Crippen molar-refractivity contribution in [3.8, 4) is 0 Å². The fourth-order valence-electron chi connectivity index (χ4n) is 0. The molecule has 0 fully saturated rings. The molecule has 0 aliphatic rings. The molecule has 0 saturated carbocycles. The molecule has 0 atom stereocenters. The quantitative estimate of drug-likeness (QED) is 0.237. The van der Waals surface area contributed by atoms with E-state index >= 15 is 0 Å². The van der Waals surface area contributed by atoms with E-state index in [0.717, 1.165) is 0 Å². The Morgan fingerprint density at radius 2 is 1.00 bits per heavy atom. The number of hydrogen-bond acceptors (Lipinski definition) is 2. The fourth-order valence-corrected chi connectivity index (χ4v) is 0. The largest absolute Gasteiger partial charge is 2.00 e. The Morgan fingerprint density at radius 1 is 1.00 bits per heavy atom. The van der Waals surface area contributed by atoms with Crippen molar-refractivity contribution in [3.05, 3.63) is 10.8 Å². The fraction of sp³-hybridized carbons (Fsp3) is 0. The number of nitrogens with zero attached hydrogens (tertiary/aromatic N) is 2. The van der Waals surface area contributed by atoms with E-state index in [1.807, 2.05) is 0 Å². The molecule has 1 radical (unpaired) electrons. The predicted molar refractivity (Wildman–Crippen MR) is 23.9 cm³/mol. The molecule has 0 aromatic rings. The van der Waals surface area contributed by atoms with E-state index in [0.29, 0.717) is 12.2 Å². The van der Waals surface area contributed by atoms with Crippen molar-refractivity contribution >= 4 is 29.5 Å². The second-order valence-corrected chi connectivity index (χ2v) is 0.183. The van der Waals surface area contributed by atoms with Gasteiger partial charge in [0, 0.05) is 0 Å². The van der Waals surface area contributed by atoms with Gasteiger partial charge in [0.05, 0.1) is 0 Å². The molecule has 0 N–H and O–H groups in total. The first kappa shape index (κ1) is 16.3. The Hall–Kier alpha value is -0.708. The SMILES string of the molecule is [Al+2].[N-]=C=O.[N-]=C=O. The van der Waals surface area contributed by atoms with E-state index in [1.165, 1.54) is 0 Å². The van der Waals surface area contributed by atoms with Crippen LogP contribution in [0.2, 0.25) is 0 Å². The van der Waals surface area contributed by atoms with Gasteiger partial charge in [0.15, 0.2) is 0 Å². The molecule has 7 heavy (non-hydrogen) atoms. The van der Waals surface area contributed by atoms with E-state index in [1.54, 1.807) is 0 Å². The van der Waals surface area contributed by atoms with Crippen molar-refractivity contribution in [2.24, 2.45) is 0 Å². The van der Waals surface area contributed by atoms with Gasteiger partial charge in [0.1, 0.15) is 0 Å². The van der Waals surface area contributed by atoms with Gasteiger partial charge in [-0.05, 0) is 12.2 Å². The van der Waals surface area contributed by atoms with Gasteiger partial charge in [-0.15, -0.1) is 0 Å². The average molecular weight is 111 g/mol. The van der Waals surface area contributed by atoms with Crippen molar-refractivity contribution in [3.63, 3.8) is 0 Å². The van der Waals surface area contributed by atoms with Crippen LogP contribution in [-0.4, -0.2) is 29.5 Å². The van der Waals surface area contributed by atoms with Crippen LogP contribution in [0.1, 0.15) is 0 Å². The van der Waals surface area contributed by atoms with Gasteiger partial charge < -0.3 is 10.8 Å². The Labute approximate surface area is 50.7 Å². The first-order chi connectivity index (χ1) is 2.83. The Morgan fingerprint density at radius 3 is 1.00 bits per heavy atom. The Bertz CT molecular complexity index is 67.7. The van der Waals surface area contributed by atoms with Gasteiger partial charge in [-0.25, -0.2) is 0 Å². The summed E-state index contributed by atoms with van der Waals surface area (Å²) in [4.78, 5) is 16.5. The van der Waals surface area contributed by atoms with Crippen molar-refractivity contribution in [2.45, 2.75) is 0 Å². The van der Waals surface area contributed by atoms with Crippen LogP contribution in [0.15, 0.2) is 0 Å². The summed E-state index contributed by atoms with van der Waals surface area (Å²) in [6.45, 7) is 0. The molecule has 4 nitrogen and oxygen atoms in total. The predicted octanol–water partition coefficient (Wildman–Crippen LogP) is -0.598. The molecular weight excluding hydrogens is 111 g/mol. The number of carbonyl (C=O) groups excluding carboxylic acids is 2. The Balaban J connectivity index is -0.0000000400. The van der Waals surface area contributed by atoms with Gasteiger partial charge in [0.25, 0.3) is 0 Å². The van der Waals surface area contributed by atoms with E-state index in [-0.39, 0.29) is 17.4 Å². The van der Waals surface area contributed by atoms with Crippen molar-refractivity contribution < 1.29 is 9.59 Å². The molecular formula is C2AlN2O2. The summed E-state index contributed by atoms with van der Waals surface area (Å²) in [7, 11) is 0. The molecule has 0 spiro atoms. The third-order valence-electron chi connectivity index (χ3n) is 0. The smallest absolute Gasteiger partial charge is 0.724 e. The summed E-state index contributed by atoms with van der Waals surface area (Å²) in [5, 5.41) is 13.5. The monoisotopic (exact) mass is 111 g/mol. The van der Waals surface area contributed by atoms with Gasteiger partial charge in [-0.2, -0.15) is 0 Å². The molecule has 0 aliphatic carbocycles. The minimum Gasteiger partial charge on any atom is -0.724 e. The van der Waals surface area contributed by atoms with Gasteiger partial charge >= 0.3 is 17.4 Å². The van der Waals surface area contributed by atoms with Crippen molar-refractivity contribution in [1.82, 2.24) is 0 Å². The van der Waals surface area contributed by atoms with Crippen LogP contribution < -0.4 is 0 Å². The Kier molecular flexibility index (Phi) is 136. The van der Waals surface area contributed by atoms with Gasteiger partial charge in [-0.3, -0.25) is 9.59 Å². The standard InChI is InChI=1S/2CNO.Al/c2*2-1-3;/q2*-1;+2. The zero-order valence-corrected chi connectivity index (χ0v) is 4.44. The van der Waals surface area contributed by atoms with E-state index in [9.17, 15) is 0 Å². The molecule has 0 aliphatic heterocycles. The zero-order valence-electron chi connectivity index (χ0n) is 3.29. The summed E-state index contributed by atoms with van der Waals surface area (Å²) in [6.07, 6.45) is 1.00. The minimum absolute atomic E-state index is 0. The van der Waals surface area contributed by atoms with E-state index in [4.69, 9.17) is 20.4 Å². The molecule has 0 aromatic carbocycles. The van der Waals surface area contributed by atoms with Crippen LogP contribution in [-0.2, 0) is 9.59 Å². The molecule has 0 bridgehead atoms. The maximum absolute atomic E-state index is 8.24. The average Bonchev–Trinajstić information content (AvgIpc) is 1.39. The molecule has 0 aromatic heterocycles. The van der Waals surface area contributed by atoms with Crippen LogP contribution in [0.3, 0.4) is 0 Å². The van der Waals surface area contributed by atoms with Crippen molar-refractivity contribution in [2.75, 3.05) is 0 Å². The van der Waals surface area contributed by atoms with Crippen molar-refractivity contribution in [1.29, 1.82) is 0 Å². The van der Waals surface area contributed by atoms with Crippen LogP contribution in [0, 0.1) is 0 Å². The van der Waals surface area contributed by atoms with E-state index in [2.05, 4.69) is 0 Å². The molecule has 0 amide bonds. The molecule has 0 unspecified atom stereocenters. The second kappa shape index (κ2) is 58.4.